The first-order chi connectivity index (χ1) is 7.91. The predicted molar refractivity (Wildman–Crippen MR) is 69.4 cm³/mol. The van der Waals surface area contributed by atoms with Crippen LogP contribution in [0.4, 0.5) is 0 Å². The lowest BCUT2D eigenvalue weighted by Gasteiger charge is -2.09. The summed E-state index contributed by atoms with van der Waals surface area (Å²) in [6.07, 6.45) is -0.00574. The fourth-order valence-corrected chi connectivity index (χ4v) is 2.38. The number of alkyl halides is 2. The van der Waals surface area contributed by atoms with E-state index in [0.29, 0.717) is 6.42 Å². The Balaban J connectivity index is 0. The predicted octanol–water partition coefficient (Wildman–Crippen LogP) is 0.0765. The highest BCUT2D eigenvalue weighted by Gasteiger charge is 2.27. The van der Waals surface area contributed by atoms with E-state index in [9.17, 15) is 9.13 Å². The average Bonchev–Trinajstić information content (AvgIpc) is 2.12. The molecule has 9 nitrogen and oxygen atoms in total. The molecule has 0 fully saturated rings. The molecule has 0 aliphatic heterocycles. The smallest absolute Gasteiger partial charge is 0.394 e. The summed E-state index contributed by atoms with van der Waals surface area (Å²) in [6.45, 7) is -0.158. The largest absolute Gasteiger partial charge is 0.478 e. The van der Waals surface area contributed by atoms with Gasteiger partial charge < -0.3 is 29.8 Å². The molecule has 18 heavy (non-hydrogen) atoms. The second-order valence-electron chi connectivity index (χ2n) is 2.89. The van der Waals surface area contributed by atoms with Crippen LogP contribution in [0.15, 0.2) is 0 Å². The molecule has 0 saturated heterocycles. The first kappa shape index (κ1) is 21.4. The Morgan fingerprint density at radius 2 is 1.50 bits per heavy atom. The maximum atomic E-state index is 9.63. The van der Waals surface area contributed by atoms with Gasteiger partial charge in [0.25, 0.3) is 0 Å². The number of phosphoric acid groups is 2. The van der Waals surface area contributed by atoms with Gasteiger partial charge in [0.05, 0.1) is 12.7 Å². The highest BCUT2D eigenvalue weighted by molar-refractivity contribution is 9.12. The summed E-state index contributed by atoms with van der Waals surface area (Å²) in [7, 11) is -10.1. The van der Waals surface area contributed by atoms with Gasteiger partial charge in [-0.05, 0) is 6.42 Å². The Labute approximate surface area is 120 Å². The lowest BCUT2D eigenvalue weighted by molar-refractivity contribution is 0.0895. The van der Waals surface area contributed by atoms with E-state index >= 15 is 0 Å². The maximum Gasteiger partial charge on any atom is 0.478 e. The molecule has 0 radical (unpaired) electrons. The van der Waals surface area contributed by atoms with Crippen LogP contribution in [0, 0.1) is 0 Å². The van der Waals surface area contributed by atoms with Crippen molar-refractivity contribution in [1.82, 2.24) is 0 Å². The van der Waals surface area contributed by atoms with Crippen LogP contribution in [0.5, 0.6) is 0 Å². The highest BCUT2D eigenvalue weighted by Crippen LogP contribution is 2.53. The molecule has 0 aliphatic rings. The summed E-state index contributed by atoms with van der Waals surface area (Å²) in [5, 5.41) is 18.0. The third-order valence-electron chi connectivity index (χ3n) is 1.12. The molecule has 6 N–H and O–H groups in total. The normalized spacial score (nSPS) is 15.6. The minimum atomic E-state index is -5.05. The van der Waals surface area contributed by atoms with Crippen molar-refractivity contribution in [3.8, 4) is 0 Å². The van der Waals surface area contributed by atoms with Crippen molar-refractivity contribution < 1.29 is 43.2 Å². The zero-order valence-corrected chi connectivity index (χ0v) is 13.8. The van der Waals surface area contributed by atoms with E-state index in [0.717, 1.165) is 5.33 Å². The van der Waals surface area contributed by atoms with Crippen LogP contribution in [0.1, 0.15) is 6.42 Å². The number of rotatable bonds is 6. The van der Waals surface area contributed by atoms with Crippen molar-refractivity contribution in [1.29, 1.82) is 0 Å². The van der Waals surface area contributed by atoms with Crippen LogP contribution in [0.2, 0.25) is 0 Å². The van der Waals surface area contributed by atoms with Crippen LogP contribution in [0.25, 0.3) is 0 Å². The van der Waals surface area contributed by atoms with E-state index in [4.69, 9.17) is 29.8 Å². The Kier molecular flexibility index (Phi) is 11.9. The van der Waals surface area contributed by atoms with Gasteiger partial charge in [0.1, 0.15) is 0 Å². The van der Waals surface area contributed by atoms with Crippen molar-refractivity contribution in [3.05, 3.63) is 0 Å². The molecule has 0 aromatic heterocycles. The van der Waals surface area contributed by atoms with Gasteiger partial charge >= 0.3 is 15.6 Å². The molecule has 0 spiro atoms. The standard InChI is InChI=1S/C5H10Br2O2.H4O7P2/c6-2-4(7)1-5(9)3-8;1-8(2,3)7-9(4,5)6/h4-5,8-9H,1-3H2;(H2,1,2,3)(H2,4,5,6). The minimum Gasteiger partial charge on any atom is -0.394 e. The van der Waals surface area contributed by atoms with E-state index in [1.165, 1.54) is 0 Å². The lowest BCUT2D eigenvalue weighted by Crippen LogP contribution is -2.17. The van der Waals surface area contributed by atoms with Gasteiger partial charge in [-0.25, -0.2) is 9.13 Å². The fourth-order valence-electron chi connectivity index (χ4n) is 0.571. The SMILES string of the molecule is O=P(O)(O)OP(=O)(O)O.OCC(O)CC(Br)CBr. The number of aliphatic hydroxyl groups is 2. The van der Waals surface area contributed by atoms with Gasteiger partial charge in [0.15, 0.2) is 0 Å². The quantitative estimate of drug-likeness (QED) is 0.248. The Morgan fingerprint density at radius 3 is 1.67 bits per heavy atom. The summed E-state index contributed by atoms with van der Waals surface area (Å²) in [5.41, 5.74) is 0. The molecule has 0 amide bonds. The molecule has 0 aromatic rings. The van der Waals surface area contributed by atoms with E-state index < -0.39 is 21.7 Å². The molecule has 2 unspecified atom stereocenters. The van der Waals surface area contributed by atoms with Crippen LogP contribution in [-0.2, 0) is 13.4 Å². The molecular formula is C5H14Br2O9P2. The highest BCUT2D eigenvalue weighted by atomic mass is 79.9. The molecule has 0 aliphatic carbocycles. The first-order valence-corrected chi connectivity index (χ1v) is 9.32. The van der Waals surface area contributed by atoms with Crippen molar-refractivity contribution in [2.75, 3.05) is 11.9 Å². The number of hydrogen-bond acceptors (Lipinski definition) is 5. The average molecular weight is 440 g/mol. The molecule has 0 aromatic carbocycles. The van der Waals surface area contributed by atoms with Gasteiger partial charge in [-0.1, -0.05) is 31.9 Å². The van der Waals surface area contributed by atoms with Gasteiger partial charge in [0.2, 0.25) is 0 Å². The summed E-state index contributed by atoms with van der Waals surface area (Å²) < 4.78 is 22.2. The zero-order chi connectivity index (χ0) is 15.0. The third-order valence-corrected chi connectivity index (χ3v) is 5.17. The van der Waals surface area contributed by atoms with Crippen molar-refractivity contribution in [2.45, 2.75) is 17.4 Å². The van der Waals surface area contributed by atoms with Crippen molar-refractivity contribution in [2.24, 2.45) is 0 Å². The van der Waals surface area contributed by atoms with E-state index in [-0.39, 0.29) is 11.4 Å². The summed E-state index contributed by atoms with van der Waals surface area (Å²) in [6, 6.07) is 0. The fraction of sp³-hybridized carbons (Fsp3) is 1.00. The third kappa shape index (κ3) is 19.5. The molecule has 112 valence electrons. The number of aliphatic hydroxyl groups excluding tert-OH is 2. The molecule has 2 atom stereocenters. The summed E-state index contributed by atoms with van der Waals surface area (Å²) >= 11 is 6.53. The van der Waals surface area contributed by atoms with Gasteiger partial charge in [-0.3, -0.25) is 0 Å². The molecule has 0 heterocycles. The van der Waals surface area contributed by atoms with E-state index in [2.05, 4.69) is 36.2 Å². The van der Waals surface area contributed by atoms with E-state index in [1.54, 1.807) is 0 Å². The Hall–Kier alpha value is 1.14. The second kappa shape index (κ2) is 9.95. The van der Waals surface area contributed by atoms with Crippen molar-refractivity contribution in [3.63, 3.8) is 0 Å². The number of hydrogen-bond donors (Lipinski definition) is 6. The van der Waals surface area contributed by atoms with Crippen LogP contribution in [0.3, 0.4) is 0 Å². The molecule has 0 saturated carbocycles. The number of halogens is 2. The molecule has 0 rings (SSSR count). The first-order valence-electron chi connectivity index (χ1n) is 4.22. The molecule has 13 heteroatoms. The zero-order valence-electron chi connectivity index (χ0n) is 8.83. The van der Waals surface area contributed by atoms with Gasteiger partial charge in [-0.15, -0.1) is 0 Å². The van der Waals surface area contributed by atoms with Crippen LogP contribution >= 0.6 is 47.5 Å². The van der Waals surface area contributed by atoms with Crippen LogP contribution < -0.4 is 0 Å². The second-order valence-corrected chi connectivity index (χ2v) is 7.44. The maximum absolute atomic E-state index is 9.63. The van der Waals surface area contributed by atoms with Crippen LogP contribution in [-0.4, -0.2) is 52.7 Å². The summed E-state index contributed by atoms with van der Waals surface area (Å²) in [5.74, 6) is 0. The monoisotopic (exact) mass is 438 g/mol. The Morgan fingerprint density at radius 1 is 1.11 bits per heavy atom. The molecular weight excluding hydrogens is 426 g/mol. The van der Waals surface area contributed by atoms with Gasteiger partial charge in [-0.2, -0.15) is 4.31 Å². The summed E-state index contributed by atoms with van der Waals surface area (Å²) in [4.78, 5) is 31.2. The van der Waals surface area contributed by atoms with E-state index in [1.807, 2.05) is 0 Å². The molecule has 0 bridgehead atoms. The van der Waals surface area contributed by atoms with Gasteiger partial charge in [0, 0.05) is 10.2 Å². The Bertz CT molecular complexity index is 273. The lowest BCUT2D eigenvalue weighted by atomic mass is 10.2. The van der Waals surface area contributed by atoms with Crippen molar-refractivity contribution >= 4 is 47.5 Å². The topological polar surface area (TPSA) is 165 Å². The minimum absolute atomic E-state index is 0.158.